The van der Waals surface area contributed by atoms with Gasteiger partial charge in [0.2, 0.25) is 5.75 Å². The number of aromatic hydroxyl groups is 1. The Kier molecular flexibility index (Phi) is 4.66. The number of imide groups is 1. The number of phenolic OH excluding ortho intramolecular Hbond substituents is 1. The number of anilines is 1. The van der Waals surface area contributed by atoms with Crippen LogP contribution in [0.3, 0.4) is 0 Å². The number of nitro benzene ring substituents is 1. The molecule has 0 aromatic heterocycles. The third-order valence-corrected chi connectivity index (χ3v) is 4.36. The summed E-state index contributed by atoms with van der Waals surface area (Å²) >= 11 is 8.90. The molecule has 1 aliphatic rings. The van der Waals surface area contributed by atoms with Crippen LogP contribution < -0.4 is 10.2 Å². The molecule has 2 aromatic carbocycles. The van der Waals surface area contributed by atoms with Gasteiger partial charge in [-0.05, 0) is 51.8 Å². The molecule has 132 valence electrons. The van der Waals surface area contributed by atoms with Gasteiger partial charge < -0.3 is 10.4 Å². The maximum absolute atomic E-state index is 12.5. The van der Waals surface area contributed by atoms with E-state index >= 15 is 0 Å². The molecule has 1 saturated heterocycles. The maximum atomic E-state index is 12.5. The van der Waals surface area contributed by atoms with Crippen LogP contribution in [-0.2, 0) is 4.79 Å². The van der Waals surface area contributed by atoms with E-state index in [1.165, 1.54) is 18.2 Å². The molecular formula is C16H9BrClN3O5. The Bertz CT molecular complexity index is 992. The Morgan fingerprint density at radius 2 is 2.00 bits per heavy atom. The first-order chi connectivity index (χ1) is 12.3. The number of rotatable bonds is 3. The topological polar surface area (TPSA) is 113 Å². The summed E-state index contributed by atoms with van der Waals surface area (Å²) in [6, 6.07) is 8.02. The van der Waals surface area contributed by atoms with E-state index in [9.17, 15) is 24.8 Å². The fraction of sp³-hybridized carbons (Fsp3) is 0. The number of phenols is 1. The summed E-state index contributed by atoms with van der Waals surface area (Å²) in [7, 11) is 0. The molecule has 2 aromatic rings. The number of amides is 3. The van der Waals surface area contributed by atoms with Crippen molar-refractivity contribution < 1.29 is 19.6 Å². The summed E-state index contributed by atoms with van der Waals surface area (Å²) in [6.45, 7) is 0. The van der Waals surface area contributed by atoms with E-state index in [-0.39, 0.29) is 15.7 Å². The third kappa shape index (κ3) is 3.26. The number of halogens is 2. The number of carbonyl (C=O) groups excluding carboxylic acids is 2. The molecule has 0 unspecified atom stereocenters. The van der Waals surface area contributed by atoms with Gasteiger partial charge in [-0.15, -0.1) is 0 Å². The molecule has 26 heavy (non-hydrogen) atoms. The van der Waals surface area contributed by atoms with E-state index in [4.69, 9.17) is 11.6 Å². The van der Waals surface area contributed by atoms with Crippen LogP contribution >= 0.6 is 27.5 Å². The number of carbonyl (C=O) groups is 2. The lowest BCUT2D eigenvalue weighted by molar-refractivity contribution is -0.386. The van der Waals surface area contributed by atoms with Crippen LogP contribution in [0.5, 0.6) is 5.75 Å². The molecule has 2 N–H and O–H groups in total. The molecule has 0 spiro atoms. The highest BCUT2D eigenvalue weighted by Crippen LogP contribution is 2.36. The van der Waals surface area contributed by atoms with Gasteiger partial charge in [0, 0.05) is 11.1 Å². The Hall–Kier alpha value is -2.91. The van der Waals surface area contributed by atoms with Crippen LogP contribution in [0.4, 0.5) is 16.2 Å². The number of nitrogens with zero attached hydrogens (tertiary/aromatic N) is 2. The molecule has 0 bridgehead atoms. The average Bonchev–Trinajstić information content (AvgIpc) is 2.84. The molecule has 0 saturated carbocycles. The molecule has 10 heteroatoms. The number of urea groups is 1. The van der Waals surface area contributed by atoms with Gasteiger partial charge in [0.1, 0.15) is 5.70 Å². The lowest BCUT2D eigenvalue weighted by Gasteiger charge is -2.11. The molecule has 8 nitrogen and oxygen atoms in total. The molecule has 0 aliphatic carbocycles. The zero-order valence-corrected chi connectivity index (χ0v) is 15.1. The van der Waals surface area contributed by atoms with Gasteiger partial charge in [0.05, 0.1) is 15.1 Å². The predicted octanol–water partition coefficient (Wildman–Crippen LogP) is 3.81. The summed E-state index contributed by atoms with van der Waals surface area (Å²) in [4.78, 5) is 35.8. The van der Waals surface area contributed by atoms with E-state index in [1.54, 1.807) is 18.2 Å². The number of hydrogen-bond donors (Lipinski definition) is 2. The normalized spacial score (nSPS) is 15.5. The van der Waals surface area contributed by atoms with Crippen molar-refractivity contribution >= 4 is 56.9 Å². The fourth-order valence-electron chi connectivity index (χ4n) is 2.38. The second-order valence-electron chi connectivity index (χ2n) is 5.24. The minimum atomic E-state index is -0.755. The van der Waals surface area contributed by atoms with Gasteiger partial charge in [-0.1, -0.05) is 17.7 Å². The summed E-state index contributed by atoms with van der Waals surface area (Å²) in [5.41, 5.74) is -0.0594. The van der Waals surface area contributed by atoms with Crippen LogP contribution in [0.2, 0.25) is 5.02 Å². The van der Waals surface area contributed by atoms with Crippen molar-refractivity contribution in [2.45, 2.75) is 0 Å². The number of nitro groups is 1. The lowest BCUT2D eigenvalue weighted by Crippen LogP contribution is -2.30. The Morgan fingerprint density at radius 3 is 2.65 bits per heavy atom. The lowest BCUT2D eigenvalue weighted by atomic mass is 10.1. The van der Waals surface area contributed by atoms with Crippen LogP contribution in [0.25, 0.3) is 6.08 Å². The van der Waals surface area contributed by atoms with Crippen molar-refractivity contribution in [1.82, 2.24) is 5.32 Å². The smallest absolute Gasteiger partial charge is 0.333 e. The average molecular weight is 439 g/mol. The number of benzene rings is 2. The van der Waals surface area contributed by atoms with Gasteiger partial charge in [0.15, 0.2) is 0 Å². The largest absolute Gasteiger partial charge is 0.501 e. The second-order valence-corrected chi connectivity index (χ2v) is 6.53. The van der Waals surface area contributed by atoms with Gasteiger partial charge >= 0.3 is 11.7 Å². The molecule has 1 heterocycles. The first-order valence-corrected chi connectivity index (χ1v) is 8.24. The van der Waals surface area contributed by atoms with Crippen LogP contribution in [0, 0.1) is 10.1 Å². The highest BCUT2D eigenvalue weighted by atomic mass is 79.9. The quantitative estimate of drug-likeness (QED) is 0.327. The molecule has 3 rings (SSSR count). The third-order valence-electron chi connectivity index (χ3n) is 3.52. The van der Waals surface area contributed by atoms with Crippen molar-refractivity contribution in [2.24, 2.45) is 0 Å². The Balaban J connectivity index is 2.00. The van der Waals surface area contributed by atoms with Crippen molar-refractivity contribution in [3.63, 3.8) is 0 Å². The number of nitrogens with one attached hydrogen (secondary N) is 1. The summed E-state index contributed by atoms with van der Waals surface area (Å²) in [5.74, 6) is -1.16. The van der Waals surface area contributed by atoms with Crippen LogP contribution in [0.15, 0.2) is 46.6 Å². The number of hydrogen-bond acceptors (Lipinski definition) is 5. The highest BCUT2D eigenvalue weighted by Gasteiger charge is 2.35. The van der Waals surface area contributed by atoms with E-state index in [0.717, 1.165) is 11.0 Å². The van der Waals surface area contributed by atoms with Crippen LogP contribution in [-0.4, -0.2) is 22.0 Å². The second kappa shape index (κ2) is 6.77. The zero-order chi connectivity index (χ0) is 19.0. The van der Waals surface area contributed by atoms with Gasteiger partial charge in [-0.2, -0.15) is 0 Å². The monoisotopic (exact) mass is 437 g/mol. The Labute approximate surface area is 160 Å². The minimum absolute atomic E-state index is 0.0677. The summed E-state index contributed by atoms with van der Waals surface area (Å²) in [6.07, 6.45) is 1.28. The van der Waals surface area contributed by atoms with E-state index in [1.807, 2.05) is 0 Å². The fourth-order valence-corrected chi connectivity index (χ4v) is 3.03. The minimum Gasteiger partial charge on any atom is -0.501 e. The molecular weight excluding hydrogens is 430 g/mol. The molecule has 0 radical (unpaired) electrons. The van der Waals surface area contributed by atoms with Gasteiger partial charge in [0.25, 0.3) is 5.91 Å². The highest BCUT2D eigenvalue weighted by molar-refractivity contribution is 9.10. The first-order valence-electron chi connectivity index (χ1n) is 7.07. The molecule has 3 amide bonds. The van der Waals surface area contributed by atoms with Crippen molar-refractivity contribution in [3.05, 3.63) is 67.3 Å². The van der Waals surface area contributed by atoms with Crippen molar-refractivity contribution in [2.75, 3.05) is 4.90 Å². The molecule has 0 atom stereocenters. The standard InChI is InChI=1S/C16H9BrClN3O5/c17-11-4-8(6-13(14(11)22)21(25)26)5-12-15(23)20(16(24)19-12)10-3-1-2-9(18)7-10/h1-7,22H,(H,19,24)/b12-5+. The Morgan fingerprint density at radius 1 is 1.27 bits per heavy atom. The van der Waals surface area contributed by atoms with E-state index in [2.05, 4.69) is 21.2 Å². The van der Waals surface area contributed by atoms with E-state index < -0.39 is 28.3 Å². The van der Waals surface area contributed by atoms with Crippen molar-refractivity contribution in [1.29, 1.82) is 0 Å². The summed E-state index contributed by atoms with van der Waals surface area (Å²) < 4.78 is 0.0852. The van der Waals surface area contributed by atoms with E-state index in [0.29, 0.717) is 10.7 Å². The molecule has 1 aliphatic heterocycles. The SMILES string of the molecule is O=C1N/C(=C/c2cc(Br)c(O)c([N+](=O)[O-])c2)C(=O)N1c1cccc(Cl)c1. The predicted molar refractivity (Wildman–Crippen MR) is 97.9 cm³/mol. The van der Waals surface area contributed by atoms with Gasteiger partial charge in [-0.3, -0.25) is 14.9 Å². The van der Waals surface area contributed by atoms with Crippen LogP contribution in [0.1, 0.15) is 5.56 Å². The zero-order valence-electron chi connectivity index (χ0n) is 12.8. The van der Waals surface area contributed by atoms with Crippen molar-refractivity contribution in [3.8, 4) is 5.75 Å². The van der Waals surface area contributed by atoms with Gasteiger partial charge in [-0.25, -0.2) is 9.69 Å². The maximum Gasteiger partial charge on any atom is 0.333 e. The first kappa shape index (κ1) is 17.9. The summed E-state index contributed by atoms with van der Waals surface area (Å²) in [5, 5.41) is 23.5. The molecule has 1 fully saturated rings.